The highest BCUT2D eigenvalue weighted by atomic mass is 16.4. The normalized spacial score (nSPS) is 25.0. The fourth-order valence-electron chi connectivity index (χ4n) is 5.60. The van der Waals surface area contributed by atoms with Gasteiger partial charge in [-0.3, -0.25) is 4.79 Å². The second kappa shape index (κ2) is 7.78. The van der Waals surface area contributed by atoms with E-state index in [1.54, 1.807) is 0 Å². The molecule has 5 rings (SSSR count). The van der Waals surface area contributed by atoms with Crippen molar-refractivity contribution >= 4 is 23.0 Å². The topological polar surface area (TPSA) is 56.1 Å². The van der Waals surface area contributed by atoms with E-state index in [0.29, 0.717) is 6.54 Å². The van der Waals surface area contributed by atoms with Crippen LogP contribution in [0, 0.1) is 5.41 Å². The summed E-state index contributed by atoms with van der Waals surface area (Å²) in [4.78, 5) is 17.9. The zero-order chi connectivity index (χ0) is 20.6. The summed E-state index contributed by atoms with van der Waals surface area (Å²) in [5.74, 6) is 0.0490. The van der Waals surface area contributed by atoms with Crippen LogP contribution in [0.3, 0.4) is 0 Å². The number of nitrogens with zero attached hydrogens (tertiary/aromatic N) is 3. The van der Waals surface area contributed by atoms with Crippen molar-refractivity contribution in [2.75, 3.05) is 29.4 Å². The summed E-state index contributed by atoms with van der Waals surface area (Å²) in [6.45, 7) is 2.84. The molecule has 1 atom stereocenters. The van der Waals surface area contributed by atoms with Gasteiger partial charge in [0.05, 0.1) is 5.71 Å². The van der Waals surface area contributed by atoms with Crippen LogP contribution in [0.25, 0.3) is 0 Å². The smallest absolute Gasteiger partial charge is 0.258 e. The second-order valence-corrected chi connectivity index (χ2v) is 8.93. The lowest BCUT2D eigenvalue weighted by atomic mass is 9.76. The van der Waals surface area contributed by atoms with Crippen LogP contribution in [0.2, 0.25) is 0 Å². The standard InChI is InChI=1S/C25H29N3O2/c29-24(19-9-11-21(12-10-19)27-15-3-4-16-27)28-17-14-25(13-5-8-23(25)26-30)18-20-6-1-2-7-22(20)28/h1-2,6-7,9-12,30H,3-5,8,13-18H2. The Morgan fingerprint density at radius 3 is 2.47 bits per heavy atom. The van der Waals surface area contributed by atoms with E-state index in [0.717, 1.165) is 62.2 Å². The van der Waals surface area contributed by atoms with E-state index in [-0.39, 0.29) is 11.3 Å². The minimum Gasteiger partial charge on any atom is -0.411 e. The first-order valence-corrected chi connectivity index (χ1v) is 11.2. The Morgan fingerprint density at radius 2 is 1.70 bits per heavy atom. The fourth-order valence-corrected chi connectivity index (χ4v) is 5.60. The highest BCUT2D eigenvalue weighted by Gasteiger charge is 2.43. The minimum atomic E-state index is -0.126. The number of para-hydroxylation sites is 1. The number of rotatable bonds is 2. The Hall–Kier alpha value is -2.82. The number of fused-ring (bicyclic) bond motifs is 1. The average Bonchev–Trinajstić information content (AvgIpc) is 3.41. The Labute approximate surface area is 178 Å². The lowest BCUT2D eigenvalue weighted by Crippen LogP contribution is -2.35. The molecule has 5 nitrogen and oxygen atoms in total. The van der Waals surface area contributed by atoms with Gasteiger partial charge in [0.15, 0.2) is 0 Å². The summed E-state index contributed by atoms with van der Waals surface area (Å²) in [5, 5.41) is 13.3. The van der Waals surface area contributed by atoms with Crippen molar-refractivity contribution < 1.29 is 10.0 Å². The summed E-state index contributed by atoms with van der Waals surface area (Å²) in [6, 6.07) is 16.3. The van der Waals surface area contributed by atoms with Gasteiger partial charge in [-0.25, -0.2) is 0 Å². The number of carbonyl (C=O) groups is 1. The molecular formula is C25H29N3O2. The highest BCUT2D eigenvalue weighted by molar-refractivity contribution is 6.07. The first-order valence-electron chi connectivity index (χ1n) is 11.2. The first kappa shape index (κ1) is 19.2. The van der Waals surface area contributed by atoms with Crippen LogP contribution >= 0.6 is 0 Å². The maximum atomic E-state index is 13.5. The van der Waals surface area contributed by atoms with E-state index in [4.69, 9.17) is 0 Å². The molecule has 1 saturated carbocycles. The lowest BCUT2D eigenvalue weighted by Gasteiger charge is -2.28. The van der Waals surface area contributed by atoms with Crippen molar-refractivity contribution in [2.24, 2.45) is 10.6 Å². The number of carbonyl (C=O) groups excluding carboxylic acids is 1. The molecule has 0 aromatic heterocycles. The number of benzene rings is 2. The first-order chi connectivity index (χ1) is 14.7. The van der Waals surface area contributed by atoms with Crippen molar-refractivity contribution in [2.45, 2.75) is 44.9 Å². The van der Waals surface area contributed by atoms with Gasteiger partial charge in [0, 0.05) is 42.0 Å². The van der Waals surface area contributed by atoms with Crippen LogP contribution in [0.4, 0.5) is 11.4 Å². The van der Waals surface area contributed by atoms with Gasteiger partial charge in [-0.2, -0.15) is 0 Å². The van der Waals surface area contributed by atoms with E-state index in [1.165, 1.54) is 24.1 Å². The molecule has 2 heterocycles. The molecule has 5 heteroatoms. The van der Waals surface area contributed by atoms with Gasteiger partial charge in [0.2, 0.25) is 0 Å². The molecule has 1 spiro atoms. The molecule has 30 heavy (non-hydrogen) atoms. The van der Waals surface area contributed by atoms with Gasteiger partial charge in [0.25, 0.3) is 5.91 Å². The van der Waals surface area contributed by atoms with Crippen LogP contribution in [0.15, 0.2) is 53.7 Å². The van der Waals surface area contributed by atoms with Crippen LogP contribution in [-0.2, 0) is 6.42 Å². The maximum Gasteiger partial charge on any atom is 0.258 e. The van der Waals surface area contributed by atoms with E-state index >= 15 is 0 Å². The van der Waals surface area contributed by atoms with Crippen molar-refractivity contribution in [1.29, 1.82) is 0 Å². The van der Waals surface area contributed by atoms with Crippen LogP contribution in [-0.4, -0.2) is 36.5 Å². The van der Waals surface area contributed by atoms with E-state index < -0.39 is 0 Å². The van der Waals surface area contributed by atoms with Gasteiger partial charge < -0.3 is 15.0 Å². The molecule has 2 aliphatic heterocycles. The summed E-state index contributed by atoms with van der Waals surface area (Å²) in [6.07, 6.45) is 7.07. The Bertz CT molecular complexity index is 963. The summed E-state index contributed by atoms with van der Waals surface area (Å²) < 4.78 is 0. The molecular weight excluding hydrogens is 374 g/mol. The molecule has 0 radical (unpaired) electrons. The van der Waals surface area contributed by atoms with E-state index in [2.05, 4.69) is 34.3 Å². The predicted octanol–water partition coefficient (Wildman–Crippen LogP) is 4.88. The molecule has 156 valence electrons. The van der Waals surface area contributed by atoms with Gasteiger partial charge in [-0.05, 0) is 80.8 Å². The number of hydrogen-bond acceptors (Lipinski definition) is 4. The van der Waals surface area contributed by atoms with Gasteiger partial charge in [-0.1, -0.05) is 23.4 Å². The molecule has 1 unspecified atom stereocenters. The van der Waals surface area contributed by atoms with Gasteiger partial charge in [-0.15, -0.1) is 0 Å². The van der Waals surface area contributed by atoms with Crippen LogP contribution < -0.4 is 9.80 Å². The number of amides is 1. The Morgan fingerprint density at radius 1 is 0.933 bits per heavy atom. The third-order valence-electron chi connectivity index (χ3n) is 7.26. The Balaban J connectivity index is 1.45. The highest BCUT2D eigenvalue weighted by Crippen LogP contribution is 2.46. The molecule has 1 aliphatic carbocycles. The summed E-state index contributed by atoms with van der Waals surface area (Å²) >= 11 is 0. The third-order valence-corrected chi connectivity index (χ3v) is 7.26. The van der Waals surface area contributed by atoms with Gasteiger partial charge >= 0.3 is 0 Å². The number of anilines is 2. The molecule has 2 aromatic carbocycles. The molecule has 1 saturated heterocycles. The van der Waals surface area contributed by atoms with Crippen molar-refractivity contribution in [1.82, 2.24) is 0 Å². The molecule has 2 aromatic rings. The monoisotopic (exact) mass is 403 g/mol. The van der Waals surface area contributed by atoms with E-state index in [9.17, 15) is 10.0 Å². The van der Waals surface area contributed by atoms with E-state index in [1.807, 2.05) is 29.2 Å². The van der Waals surface area contributed by atoms with Crippen molar-refractivity contribution in [3.8, 4) is 0 Å². The maximum absolute atomic E-state index is 13.5. The molecule has 0 bridgehead atoms. The quantitative estimate of drug-likeness (QED) is 0.574. The SMILES string of the molecule is O=C(c1ccc(N2CCCC2)cc1)N1CCC2(CCCC2=NO)Cc2ccccc21. The second-order valence-electron chi connectivity index (χ2n) is 8.93. The Kier molecular flexibility index (Phi) is 4.97. The van der Waals surface area contributed by atoms with Gasteiger partial charge in [0.1, 0.15) is 0 Å². The predicted molar refractivity (Wildman–Crippen MR) is 120 cm³/mol. The molecule has 1 amide bonds. The third kappa shape index (κ3) is 3.26. The summed E-state index contributed by atoms with van der Waals surface area (Å²) in [5.41, 5.74) is 4.87. The molecule has 3 aliphatic rings. The number of hydrogen-bond donors (Lipinski definition) is 1. The van der Waals surface area contributed by atoms with Crippen molar-refractivity contribution in [3.05, 3.63) is 59.7 Å². The zero-order valence-electron chi connectivity index (χ0n) is 17.4. The zero-order valence-corrected chi connectivity index (χ0v) is 17.4. The van der Waals surface area contributed by atoms with Crippen LogP contribution in [0.1, 0.15) is 54.4 Å². The van der Waals surface area contributed by atoms with Crippen molar-refractivity contribution in [3.63, 3.8) is 0 Å². The lowest BCUT2D eigenvalue weighted by molar-refractivity contribution is 0.0985. The fraction of sp³-hybridized carbons (Fsp3) is 0.440. The average molecular weight is 404 g/mol. The molecule has 1 N–H and O–H groups in total. The summed E-state index contributed by atoms with van der Waals surface area (Å²) in [7, 11) is 0. The minimum absolute atomic E-state index is 0.0490. The van der Waals surface area contributed by atoms with Crippen LogP contribution in [0.5, 0.6) is 0 Å². The molecule has 2 fully saturated rings. The number of oxime groups is 1. The largest absolute Gasteiger partial charge is 0.411 e.